The molecule has 1 aromatic carbocycles. The lowest BCUT2D eigenvalue weighted by Gasteiger charge is -2.25. The number of nitrogens with zero attached hydrogens (tertiary/aromatic N) is 2. The summed E-state index contributed by atoms with van der Waals surface area (Å²) in [6.07, 6.45) is 0. The maximum absolute atomic E-state index is 12.8. The molecular formula is C14H21ClN2O4S. The van der Waals surface area contributed by atoms with Crippen molar-refractivity contribution < 1.29 is 13.3 Å². The van der Waals surface area contributed by atoms with Crippen LogP contribution in [0.15, 0.2) is 23.1 Å². The Balaban J connectivity index is 3.41. The maximum Gasteiger partial charge on any atom is 0.289 e. The minimum Gasteiger partial charge on any atom is -0.258 e. The molecule has 0 spiro atoms. The van der Waals surface area contributed by atoms with Crippen molar-refractivity contribution in [1.82, 2.24) is 4.31 Å². The van der Waals surface area contributed by atoms with Crippen molar-refractivity contribution in [3.05, 3.63) is 33.3 Å². The highest BCUT2D eigenvalue weighted by atomic mass is 35.5. The largest absolute Gasteiger partial charge is 0.289 e. The summed E-state index contributed by atoms with van der Waals surface area (Å²) < 4.78 is 27.0. The summed E-state index contributed by atoms with van der Waals surface area (Å²) in [6, 6.07) is 3.58. The van der Waals surface area contributed by atoms with Crippen LogP contribution in [0.25, 0.3) is 0 Å². The lowest BCUT2D eigenvalue weighted by atomic mass is 10.2. The zero-order chi connectivity index (χ0) is 17.1. The molecule has 0 amide bonds. The summed E-state index contributed by atoms with van der Waals surface area (Å²) in [5.74, 6) is 0.207. The van der Waals surface area contributed by atoms with Crippen LogP contribution in [0.1, 0.15) is 27.7 Å². The molecule has 0 aliphatic rings. The van der Waals surface area contributed by atoms with Crippen molar-refractivity contribution in [2.45, 2.75) is 32.6 Å². The van der Waals surface area contributed by atoms with Crippen LogP contribution in [0.5, 0.6) is 0 Å². The average molecular weight is 349 g/mol. The Hall–Kier alpha value is -1.18. The van der Waals surface area contributed by atoms with Crippen LogP contribution in [0.2, 0.25) is 5.02 Å². The van der Waals surface area contributed by atoms with Crippen LogP contribution in [0.4, 0.5) is 5.69 Å². The number of benzene rings is 1. The van der Waals surface area contributed by atoms with E-state index in [1.54, 1.807) is 0 Å². The van der Waals surface area contributed by atoms with E-state index in [4.69, 9.17) is 11.6 Å². The highest BCUT2D eigenvalue weighted by molar-refractivity contribution is 7.89. The van der Waals surface area contributed by atoms with Crippen molar-refractivity contribution >= 4 is 27.3 Å². The van der Waals surface area contributed by atoms with E-state index in [0.29, 0.717) is 13.1 Å². The normalized spacial score (nSPS) is 12.4. The van der Waals surface area contributed by atoms with E-state index in [0.717, 1.165) is 12.1 Å². The summed E-state index contributed by atoms with van der Waals surface area (Å²) in [5.41, 5.74) is -0.457. The van der Waals surface area contributed by atoms with Gasteiger partial charge in [0.05, 0.1) is 4.92 Å². The maximum atomic E-state index is 12.8. The third-order valence-electron chi connectivity index (χ3n) is 2.87. The fourth-order valence-electron chi connectivity index (χ4n) is 2.07. The second-order valence-corrected chi connectivity index (χ2v) is 8.32. The van der Waals surface area contributed by atoms with Gasteiger partial charge in [-0.1, -0.05) is 39.3 Å². The van der Waals surface area contributed by atoms with E-state index in [9.17, 15) is 18.5 Å². The van der Waals surface area contributed by atoms with Gasteiger partial charge >= 0.3 is 0 Å². The topological polar surface area (TPSA) is 80.5 Å². The molecule has 0 atom stereocenters. The number of hydrogen-bond acceptors (Lipinski definition) is 4. The van der Waals surface area contributed by atoms with Gasteiger partial charge in [-0.2, -0.15) is 4.31 Å². The third kappa shape index (κ3) is 4.66. The third-order valence-corrected chi connectivity index (χ3v) is 4.97. The quantitative estimate of drug-likeness (QED) is 0.557. The number of nitro benzene ring substituents is 1. The monoisotopic (exact) mass is 348 g/mol. The van der Waals surface area contributed by atoms with Gasteiger partial charge < -0.3 is 0 Å². The summed E-state index contributed by atoms with van der Waals surface area (Å²) in [7, 11) is -3.98. The van der Waals surface area contributed by atoms with Crippen LogP contribution in [-0.2, 0) is 10.0 Å². The van der Waals surface area contributed by atoms with Crippen LogP contribution in [0.3, 0.4) is 0 Å². The second kappa shape index (κ2) is 7.39. The molecule has 0 unspecified atom stereocenters. The van der Waals surface area contributed by atoms with Crippen molar-refractivity contribution in [3.8, 4) is 0 Å². The lowest BCUT2D eigenvalue weighted by Crippen LogP contribution is -2.37. The Morgan fingerprint density at radius 3 is 2.09 bits per heavy atom. The van der Waals surface area contributed by atoms with Crippen LogP contribution in [-0.4, -0.2) is 30.7 Å². The average Bonchev–Trinajstić information content (AvgIpc) is 2.36. The van der Waals surface area contributed by atoms with E-state index in [1.807, 2.05) is 27.7 Å². The van der Waals surface area contributed by atoms with Gasteiger partial charge in [0.1, 0.15) is 0 Å². The Bertz CT molecular complexity index is 634. The van der Waals surface area contributed by atoms with Gasteiger partial charge in [0.25, 0.3) is 5.69 Å². The Morgan fingerprint density at radius 2 is 1.68 bits per heavy atom. The Labute approximate surface area is 136 Å². The van der Waals surface area contributed by atoms with Gasteiger partial charge in [-0.25, -0.2) is 8.42 Å². The number of hydrogen-bond donors (Lipinski definition) is 0. The minimum absolute atomic E-state index is 0.103. The first-order chi connectivity index (χ1) is 10.1. The molecule has 1 aromatic rings. The molecule has 124 valence electrons. The van der Waals surface area contributed by atoms with Gasteiger partial charge in [-0.3, -0.25) is 10.1 Å². The van der Waals surface area contributed by atoms with Crippen LogP contribution in [0, 0.1) is 22.0 Å². The predicted molar refractivity (Wildman–Crippen MR) is 86.5 cm³/mol. The molecule has 0 radical (unpaired) electrons. The molecule has 0 heterocycles. The smallest absolute Gasteiger partial charge is 0.258 e. The highest BCUT2D eigenvalue weighted by Crippen LogP contribution is 2.30. The summed E-state index contributed by atoms with van der Waals surface area (Å²) in [6.45, 7) is 8.18. The second-order valence-electron chi connectivity index (χ2n) is 5.98. The van der Waals surface area contributed by atoms with Crippen molar-refractivity contribution in [1.29, 1.82) is 0 Å². The van der Waals surface area contributed by atoms with Crippen molar-refractivity contribution in [3.63, 3.8) is 0 Å². The van der Waals surface area contributed by atoms with E-state index >= 15 is 0 Å². The first kappa shape index (κ1) is 18.9. The molecule has 22 heavy (non-hydrogen) atoms. The van der Waals surface area contributed by atoms with E-state index < -0.39 is 20.6 Å². The lowest BCUT2D eigenvalue weighted by molar-refractivity contribution is -0.387. The van der Waals surface area contributed by atoms with E-state index in [-0.39, 0.29) is 21.8 Å². The van der Waals surface area contributed by atoms with Gasteiger partial charge in [0, 0.05) is 24.2 Å². The first-order valence-electron chi connectivity index (χ1n) is 6.99. The molecule has 0 N–H and O–H groups in total. The first-order valence-corrected chi connectivity index (χ1v) is 8.81. The van der Waals surface area contributed by atoms with Gasteiger partial charge in [0.2, 0.25) is 10.0 Å². The molecular weight excluding hydrogens is 328 g/mol. The molecule has 6 nitrogen and oxygen atoms in total. The van der Waals surface area contributed by atoms with E-state index in [2.05, 4.69) is 0 Å². The molecule has 1 rings (SSSR count). The zero-order valence-corrected chi connectivity index (χ0v) is 14.7. The van der Waals surface area contributed by atoms with E-state index in [1.165, 1.54) is 10.4 Å². The minimum atomic E-state index is -3.98. The Morgan fingerprint density at radius 1 is 1.18 bits per heavy atom. The van der Waals surface area contributed by atoms with Gasteiger partial charge in [-0.05, 0) is 24.0 Å². The van der Waals surface area contributed by atoms with Gasteiger partial charge in [-0.15, -0.1) is 0 Å². The highest BCUT2D eigenvalue weighted by Gasteiger charge is 2.32. The molecule has 0 fully saturated rings. The molecule has 8 heteroatoms. The number of halogens is 1. The molecule has 0 aliphatic heterocycles. The summed E-state index contributed by atoms with van der Waals surface area (Å²) in [4.78, 5) is 10.1. The number of rotatable bonds is 7. The molecule has 0 bridgehead atoms. The zero-order valence-electron chi connectivity index (χ0n) is 13.1. The number of sulfonamides is 1. The SMILES string of the molecule is CC(C)CN(CC(C)C)S(=O)(=O)c1cc(Cl)ccc1[N+](=O)[O-]. The molecule has 0 saturated heterocycles. The van der Waals surface area contributed by atoms with Crippen LogP contribution >= 0.6 is 11.6 Å². The van der Waals surface area contributed by atoms with Crippen molar-refractivity contribution in [2.24, 2.45) is 11.8 Å². The van der Waals surface area contributed by atoms with Crippen molar-refractivity contribution in [2.75, 3.05) is 13.1 Å². The van der Waals surface area contributed by atoms with Gasteiger partial charge in [0.15, 0.2) is 4.90 Å². The predicted octanol–water partition coefficient (Wildman–Crippen LogP) is 3.55. The standard InChI is InChI=1S/C14H21ClN2O4S/c1-10(2)8-16(9-11(3)4)22(20,21)14-7-12(15)5-6-13(14)17(18)19/h5-7,10-11H,8-9H2,1-4H3. The fraction of sp³-hybridized carbons (Fsp3) is 0.571. The summed E-state index contributed by atoms with van der Waals surface area (Å²) in [5, 5.41) is 11.3. The molecule has 0 aromatic heterocycles. The molecule has 0 aliphatic carbocycles. The fourth-order valence-corrected chi connectivity index (χ4v) is 4.26. The Kier molecular flexibility index (Phi) is 6.34. The van der Waals surface area contributed by atoms with Crippen LogP contribution < -0.4 is 0 Å². The number of nitro groups is 1. The summed E-state index contributed by atoms with van der Waals surface area (Å²) >= 11 is 5.84. The molecule has 0 saturated carbocycles.